The largest absolute Gasteiger partial charge is 0.346 e. The fourth-order valence-electron chi connectivity index (χ4n) is 2.74. The van der Waals surface area contributed by atoms with Gasteiger partial charge in [0, 0.05) is 5.56 Å². The quantitative estimate of drug-likeness (QED) is 0.830. The molecule has 1 aromatic heterocycles. The van der Waals surface area contributed by atoms with Crippen LogP contribution in [0, 0.1) is 28.8 Å². The minimum Gasteiger partial charge on any atom is -0.346 e. The minimum atomic E-state index is -1.11. The zero-order valence-corrected chi connectivity index (χ0v) is 14.5. The first-order valence-electron chi connectivity index (χ1n) is 8.04. The Morgan fingerprint density at radius 1 is 1.36 bits per heavy atom. The van der Waals surface area contributed by atoms with Crippen LogP contribution in [-0.2, 0) is 11.3 Å². The molecule has 144 valence electrons. The fourth-order valence-corrected chi connectivity index (χ4v) is 2.74. The van der Waals surface area contributed by atoms with Crippen molar-refractivity contribution >= 4 is 17.6 Å². The lowest BCUT2D eigenvalue weighted by Crippen LogP contribution is -2.45. The number of nitrogens with zero attached hydrogens (tertiary/aromatic N) is 4. The molecule has 0 saturated heterocycles. The van der Waals surface area contributed by atoms with Crippen LogP contribution in [0.15, 0.2) is 18.5 Å². The van der Waals surface area contributed by atoms with Crippen molar-refractivity contribution in [2.75, 3.05) is 11.9 Å². The molecule has 0 spiro atoms. The van der Waals surface area contributed by atoms with Crippen LogP contribution in [0.25, 0.3) is 0 Å². The SMILES string of the molecule is C[C@@H](NC(=O)CN1Cc2c(ccc(F)c2F)NC1=O)c1ncnc(C#N)c1F. The maximum atomic E-state index is 14.1. The summed E-state index contributed by atoms with van der Waals surface area (Å²) >= 11 is 0. The van der Waals surface area contributed by atoms with Gasteiger partial charge in [0.15, 0.2) is 23.1 Å². The molecule has 2 heterocycles. The van der Waals surface area contributed by atoms with Crippen molar-refractivity contribution in [1.29, 1.82) is 5.26 Å². The van der Waals surface area contributed by atoms with Crippen molar-refractivity contribution < 1.29 is 22.8 Å². The van der Waals surface area contributed by atoms with E-state index in [0.717, 1.165) is 17.3 Å². The molecule has 11 heteroatoms. The molecule has 1 atom stereocenters. The molecule has 0 radical (unpaired) electrons. The summed E-state index contributed by atoms with van der Waals surface area (Å²) in [5, 5.41) is 13.6. The van der Waals surface area contributed by atoms with E-state index in [0.29, 0.717) is 0 Å². The predicted octanol–water partition coefficient (Wildman–Crippen LogP) is 1.99. The Morgan fingerprint density at radius 2 is 2.11 bits per heavy atom. The van der Waals surface area contributed by atoms with Crippen LogP contribution in [0.3, 0.4) is 0 Å². The highest BCUT2D eigenvalue weighted by atomic mass is 19.2. The fraction of sp³-hybridized carbons (Fsp3) is 0.235. The molecule has 8 nitrogen and oxygen atoms in total. The molecular formula is C17H13F3N6O2. The highest BCUT2D eigenvalue weighted by Crippen LogP contribution is 2.27. The second-order valence-corrected chi connectivity index (χ2v) is 6.00. The number of hydrogen-bond donors (Lipinski definition) is 2. The molecule has 1 aliphatic rings. The van der Waals surface area contributed by atoms with Gasteiger partial charge in [0.1, 0.15) is 24.6 Å². The van der Waals surface area contributed by atoms with Crippen molar-refractivity contribution in [3.8, 4) is 6.07 Å². The van der Waals surface area contributed by atoms with Crippen LogP contribution in [0.4, 0.5) is 23.7 Å². The molecule has 3 rings (SSSR count). The van der Waals surface area contributed by atoms with E-state index in [4.69, 9.17) is 5.26 Å². The molecule has 2 N–H and O–H groups in total. The number of amides is 3. The third kappa shape index (κ3) is 3.57. The standard InChI is InChI=1S/C17H13F3N6O2/c1-8(16-15(20)12(4-21)22-7-23-16)24-13(27)6-26-5-9-11(25-17(26)28)3-2-10(18)14(9)19/h2-3,7-8H,5-6H2,1H3,(H,24,27)(H,25,28)/t8-/m1/s1. The van der Waals surface area contributed by atoms with Crippen LogP contribution in [0.5, 0.6) is 0 Å². The minimum absolute atomic E-state index is 0.0824. The van der Waals surface area contributed by atoms with E-state index in [1.54, 1.807) is 6.07 Å². The Morgan fingerprint density at radius 3 is 2.82 bits per heavy atom. The van der Waals surface area contributed by atoms with Gasteiger partial charge in [0.05, 0.1) is 18.3 Å². The average Bonchev–Trinajstić information content (AvgIpc) is 2.66. The van der Waals surface area contributed by atoms with E-state index in [1.165, 1.54) is 13.0 Å². The van der Waals surface area contributed by atoms with Gasteiger partial charge in [-0.2, -0.15) is 5.26 Å². The lowest BCUT2D eigenvalue weighted by Gasteiger charge is -2.29. The molecule has 3 amide bonds. The zero-order chi connectivity index (χ0) is 20.4. The van der Waals surface area contributed by atoms with Crippen LogP contribution >= 0.6 is 0 Å². The van der Waals surface area contributed by atoms with Gasteiger partial charge in [-0.15, -0.1) is 0 Å². The first-order valence-corrected chi connectivity index (χ1v) is 8.04. The van der Waals surface area contributed by atoms with Crippen LogP contribution in [0.2, 0.25) is 0 Å². The van der Waals surface area contributed by atoms with Gasteiger partial charge in [-0.1, -0.05) is 0 Å². The normalized spacial score (nSPS) is 14.0. The third-order valence-electron chi connectivity index (χ3n) is 4.12. The molecule has 0 aliphatic carbocycles. The Kier molecular flexibility index (Phi) is 5.12. The number of aromatic nitrogens is 2. The lowest BCUT2D eigenvalue weighted by atomic mass is 10.1. The molecule has 0 unspecified atom stereocenters. The van der Waals surface area contributed by atoms with Crippen LogP contribution in [0.1, 0.15) is 29.9 Å². The summed E-state index contributed by atoms with van der Waals surface area (Å²) in [6.45, 7) is 0.640. The number of rotatable bonds is 4. The highest BCUT2D eigenvalue weighted by molar-refractivity contribution is 5.94. The molecule has 1 aromatic carbocycles. The number of urea groups is 1. The number of fused-ring (bicyclic) bond motifs is 1. The van der Waals surface area contributed by atoms with E-state index in [-0.39, 0.29) is 23.5 Å². The zero-order valence-electron chi connectivity index (χ0n) is 14.5. The smallest absolute Gasteiger partial charge is 0.322 e. The Bertz CT molecular complexity index is 1010. The number of anilines is 1. The first kappa shape index (κ1) is 19.1. The number of benzene rings is 1. The first-order chi connectivity index (χ1) is 13.3. The summed E-state index contributed by atoms with van der Waals surface area (Å²) in [5.74, 6) is -3.82. The number of halogens is 3. The number of carbonyl (C=O) groups is 2. The number of nitrogens with one attached hydrogen (secondary N) is 2. The molecule has 28 heavy (non-hydrogen) atoms. The van der Waals surface area contributed by atoms with Crippen molar-refractivity contribution in [2.24, 2.45) is 0 Å². The monoisotopic (exact) mass is 390 g/mol. The van der Waals surface area contributed by atoms with Crippen LogP contribution in [-0.4, -0.2) is 33.4 Å². The molecule has 0 fully saturated rings. The van der Waals surface area contributed by atoms with Crippen molar-refractivity contribution in [2.45, 2.75) is 19.5 Å². The highest BCUT2D eigenvalue weighted by Gasteiger charge is 2.28. The summed E-state index contributed by atoms with van der Waals surface area (Å²) < 4.78 is 41.4. The van der Waals surface area contributed by atoms with Crippen molar-refractivity contribution in [3.63, 3.8) is 0 Å². The Hall–Kier alpha value is -3.68. The summed E-state index contributed by atoms with van der Waals surface area (Å²) in [5.41, 5.74) is -0.612. The Balaban J connectivity index is 1.71. The lowest BCUT2D eigenvalue weighted by molar-refractivity contribution is -0.122. The van der Waals surface area contributed by atoms with Crippen molar-refractivity contribution in [1.82, 2.24) is 20.2 Å². The molecule has 0 saturated carbocycles. The van der Waals surface area contributed by atoms with Gasteiger partial charge in [-0.25, -0.2) is 27.9 Å². The summed E-state index contributed by atoms with van der Waals surface area (Å²) in [6.07, 6.45) is 0.992. The third-order valence-corrected chi connectivity index (χ3v) is 4.12. The molecule has 0 bridgehead atoms. The summed E-state index contributed by atoms with van der Waals surface area (Å²) in [4.78, 5) is 32.5. The van der Waals surface area contributed by atoms with Crippen molar-refractivity contribution in [3.05, 3.63) is 52.9 Å². The second-order valence-electron chi connectivity index (χ2n) is 6.00. The predicted molar refractivity (Wildman–Crippen MR) is 89.0 cm³/mol. The van der Waals surface area contributed by atoms with Gasteiger partial charge in [-0.3, -0.25) is 4.79 Å². The average molecular weight is 390 g/mol. The second kappa shape index (κ2) is 7.51. The molecular weight excluding hydrogens is 377 g/mol. The number of hydrogen-bond acceptors (Lipinski definition) is 5. The maximum Gasteiger partial charge on any atom is 0.322 e. The molecule has 1 aliphatic heterocycles. The number of nitriles is 1. The number of carbonyl (C=O) groups excluding carboxylic acids is 2. The Labute approximate surface area is 157 Å². The van der Waals surface area contributed by atoms with Gasteiger partial charge < -0.3 is 15.5 Å². The van der Waals surface area contributed by atoms with E-state index in [2.05, 4.69) is 20.6 Å². The summed E-state index contributed by atoms with van der Waals surface area (Å²) in [6, 6.07) is 2.11. The maximum absolute atomic E-state index is 14.1. The van der Waals surface area contributed by atoms with E-state index < -0.39 is 47.7 Å². The van der Waals surface area contributed by atoms with Gasteiger partial charge in [0.25, 0.3) is 0 Å². The van der Waals surface area contributed by atoms with Crippen LogP contribution < -0.4 is 10.6 Å². The van der Waals surface area contributed by atoms with E-state index in [9.17, 15) is 22.8 Å². The van der Waals surface area contributed by atoms with E-state index >= 15 is 0 Å². The summed E-state index contributed by atoms with van der Waals surface area (Å²) in [7, 11) is 0. The van der Waals surface area contributed by atoms with Gasteiger partial charge >= 0.3 is 6.03 Å². The van der Waals surface area contributed by atoms with Gasteiger partial charge in [-0.05, 0) is 19.1 Å². The molecule has 2 aromatic rings. The van der Waals surface area contributed by atoms with Gasteiger partial charge in [0.2, 0.25) is 5.91 Å². The van der Waals surface area contributed by atoms with E-state index in [1.807, 2.05) is 0 Å². The topological polar surface area (TPSA) is 111 Å².